The first-order valence-corrected chi connectivity index (χ1v) is 4.93. The van der Waals surface area contributed by atoms with E-state index in [2.05, 4.69) is 5.32 Å². The highest BCUT2D eigenvalue weighted by Gasteiger charge is 2.13. The normalized spacial score (nSPS) is 12.6. The number of furan rings is 1. The van der Waals surface area contributed by atoms with E-state index in [0.29, 0.717) is 17.9 Å². The first-order valence-electron chi connectivity index (χ1n) is 4.50. The highest BCUT2D eigenvalue weighted by atomic mass is 35.5. The van der Waals surface area contributed by atoms with Crippen LogP contribution in [-0.4, -0.2) is 17.8 Å². The first-order chi connectivity index (χ1) is 6.50. The number of hydrogen-bond donors (Lipinski definition) is 1. The third-order valence-electron chi connectivity index (χ3n) is 1.83. The number of rotatable bonds is 3. The summed E-state index contributed by atoms with van der Waals surface area (Å²) in [7, 11) is 0. The van der Waals surface area contributed by atoms with Gasteiger partial charge in [0.15, 0.2) is 0 Å². The van der Waals surface area contributed by atoms with E-state index in [0.717, 1.165) is 5.76 Å². The van der Waals surface area contributed by atoms with Crippen LogP contribution >= 0.6 is 11.6 Å². The molecule has 0 fully saturated rings. The van der Waals surface area contributed by atoms with E-state index in [1.807, 2.05) is 13.8 Å². The Morgan fingerprint density at radius 1 is 1.64 bits per heavy atom. The fraction of sp³-hybridized carbons (Fsp3) is 0.500. The van der Waals surface area contributed by atoms with Gasteiger partial charge in [-0.25, -0.2) is 0 Å². The summed E-state index contributed by atoms with van der Waals surface area (Å²) in [6, 6.07) is 1.73. The van der Waals surface area contributed by atoms with Gasteiger partial charge in [0.1, 0.15) is 11.5 Å². The summed E-state index contributed by atoms with van der Waals surface area (Å²) in [5.74, 6) is 1.25. The number of carbonyl (C=O) groups is 1. The number of alkyl halides is 1. The van der Waals surface area contributed by atoms with Gasteiger partial charge in [-0.3, -0.25) is 4.79 Å². The summed E-state index contributed by atoms with van der Waals surface area (Å²) in [6.45, 7) is 5.87. The minimum absolute atomic E-state index is 0.0627. The lowest BCUT2D eigenvalue weighted by molar-refractivity contribution is 0.0952. The fourth-order valence-corrected chi connectivity index (χ4v) is 1.26. The maximum absolute atomic E-state index is 11.6. The Morgan fingerprint density at radius 3 is 2.71 bits per heavy atom. The van der Waals surface area contributed by atoms with Gasteiger partial charge in [-0.1, -0.05) is 0 Å². The second-order valence-corrected chi connectivity index (χ2v) is 4.06. The molecule has 0 spiro atoms. The van der Waals surface area contributed by atoms with E-state index in [-0.39, 0.29) is 11.3 Å². The van der Waals surface area contributed by atoms with Crippen molar-refractivity contribution in [3.63, 3.8) is 0 Å². The molecule has 0 aromatic carbocycles. The van der Waals surface area contributed by atoms with Crippen molar-refractivity contribution >= 4 is 17.5 Å². The van der Waals surface area contributed by atoms with Gasteiger partial charge in [0.25, 0.3) is 5.91 Å². The van der Waals surface area contributed by atoms with Crippen LogP contribution in [0.5, 0.6) is 0 Å². The summed E-state index contributed by atoms with van der Waals surface area (Å²) < 4.78 is 5.25. The highest BCUT2D eigenvalue weighted by molar-refractivity contribution is 6.20. The summed E-state index contributed by atoms with van der Waals surface area (Å²) >= 11 is 5.72. The molecule has 14 heavy (non-hydrogen) atoms. The van der Waals surface area contributed by atoms with Gasteiger partial charge < -0.3 is 9.73 Å². The van der Waals surface area contributed by atoms with Gasteiger partial charge in [0.2, 0.25) is 0 Å². The Bertz CT molecular complexity index is 331. The van der Waals surface area contributed by atoms with Crippen molar-refractivity contribution < 1.29 is 9.21 Å². The van der Waals surface area contributed by atoms with Gasteiger partial charge in [0.05, 0.1) is 5.56 Å². The van der Waals surface area contributed by atoms with Crippen LogP contribution in [0.2, 0.25) is 0 Å². The van der Waals surface area contributed by atoms with Crippen molar-refractivity contribution in [1.29, 1.82) is 0 Å². The van der Waals surface area contributed by atoms with Crippen LogP contribution in [0.25, 0.3) is 0 Å². The van der Waals surface area contributed by atoms with E-state index in [9.17, 15) is 4.79 Å². The monoisotopic (exact) mass is 215 g/mol. The summed E-state index contributed by atoms with van der Waals surface area (Å²) in [4.78, 5) is 11.6. The van der Waals surface area contributed by atoms with Gasteiger partial charge in [-0.2, -0.15) is 0 Å². The van der Waals surface area contributed by atoms with E-state index in [1.165, 1.54) is 0 Å². The lowest BCUT2D eigenvalue weighted by Gasteiger charge is -2.04. The van der Waals surface area contributed by atoms with Crippen molar-refractivity contribution in [2.75, 3.05) is 6.54 Å². The van der Waals surface area contributed by atoms with Crippen molar-refractivity contribution in [2.24, 2.45) is 0 Å². The third kappa shape index (κ3) is 2.77. The molecule has 1 aromatic heterocycles. The van der Waals surface area contributed by atoms with Gasteiger partial charge in [0, 0.05) is 11.9 Å². The van der Waals surface area contributed by atoms with E-state index in [4.69, 9.17) is 16.0 Å². The molecular formula is C10H14ClNO2. The lowest BCUT2D eigenvalue weighted by atomic mass is 10.2. The molecule has 0 radical (unpaired) electrons. The molecule has 0 bridgehead atoms. The molecule has 78 valence electrons. The van der Waals surface area contributed by atoms with Crippen LogP contribution in [0.4, 0.5) is 0 Å². The van der Waals surface area contributed by atoms with Gasteiger partial charge in [-0.15, -0.1) is 11.6 Å². The van der Waals surface area contributed by atoms with Crippen LogP contribution in [0.15, 0.2) is 10.5 Å². The molecule has 0 aliphatic carbocycles. The average Bonchev–Trinajstić information content (AvgIpc) is 2.41. The van der Waals surface area contributed by atoms with E-state index < -0.39 is 0 Å². The molecule has 1 heterocycles. The standard InChI is InChI=1S/C10H14ClNO2/c1-6(11)5-12-10(13)9-4-7(2)14-8(9)3/h4,6H,5H2,1-3H3,(H,12,13). The zero-order valence-corrected chi connectivity index (χ0v) is 9.31. The maximum atomic E-state index is 11.6. The predicted octanol–water partition coefficient (Wildman–Crippen LogP) is 2.25. The summed E-state index contributed by atoms with van der Waals surface area (Å²) in [5.41, 5.74) is 0.583. The molecule has 4 heteroatoms. The number of hydrogen-bond acceptors (Lipinski definition) is 2. The summed E-state index contributed by atoms with van der Waals surface area (Å²) in [5, 5.41) is 2.66. The zero-order chi connectivity index (χ0) is 10.7. The van der Waals surface area contributed by atoms with E-state index in [1.54, 1.807) is 13.0 Å². The molecule has 0 saturated carbocycles. The quantitative estimate of drug-likeness (QED) is 0.786. The van der Waals surface area contributed by atoms with Crippen molar-refractivity contribution in [3.8, 4) is 0 Å². The third-order valence-corrected chi connectivity index (χ3v) is 1.98. The van der Waals surface area contributed by atoms with E-state index >= 15 is 0 Å². The van der Waals surface area contributed by atoms with Gasteiger partial charge >= 0.3 is 0 Å². The van der Waals surface area contributed by atoms with Crippen LogP contribution in [-0.2, 0) is 0 Å². The fourth-order valence-electron chi connectivity index (χ4n) is 1.18. The Kier molecular flexibility index (Phi) is 3.58. The van der Waals surface area contributed by atoms with Crippen molar-refractivity contribution in [3.05, 3.63) is 23.2 Å². The van der Waals surface area contributed by atoms with Crippen LogP contribution < -0.4 is 5.32 Å². The number of halogens is 1. The molecule has 0 saturated heterocycles. The molecular weight excluding hydrogens is 202 g/mol. The molecule has 1 unspecified atom stereocenters. The summed E-state index contributed by atoms with van der Waals surface area (Å²) in [6.07, 6.45) is 0. The zero-order valence-electron chi connectivity index (χ0n) is 8.56. The Morgan fingerprint density at radius 2 is 2.29 bits per heavy atom. The number of carbonyl (C=O) groups excluding carboxylic acids is 1. The molecule has 0 aliphatic rings. The SMILES string of the molecule is Cc1cc(C(=O)NCC(C)Cl)c(C)o1. The Balaban J connectivity index is 2.65. The minimum atomic E-state index is -0.133. The molecule has 1 rings (SSSR count). The Hall–Kier alpha value is -0.960. The second-order valence-electron chi connectivity index (χ2n) is 3.32. The van der Waals surface area contributed by atoms with Crippen LogP contribution in [0.1, 0.15) is 28.8 Å². The van der Waals surface area contributed by atoms with Crippen molar-refractivity contribution in [1.82, 2.24) is 5.32 Å². The minimum Gasteiger partial charge on any atom is -0.466 e. The molecule has 1 amide bonds. The van der Waals surface area contributed by atoms with Crippen LogP contribution in [0.3, 0.4) is 0 Å². The first kappa shape index (κ1) is 11.1. The van der Waals surface area contributed by atoms with Crippen molar-refractivity contribution in [2.45, 2.75) is 26.1 Å². The highest BCUT2D eigenvalue weighted by Crippen LogP contribution is 2.13. The number of nitrogens with one attached hydrogen (secondary N) is 1. The van der Waals surface area contributed by atoms with Crippen LogP contribution in [0, 0.1) is 13.8 Å². The molecule has 1 atom stereocenters. The number of aryl methyl sites for hydroxylation is 2. The largest absolute Gasteiger partial charge is 0.466 e. The van der Waals surface area contributed by atoms with Gasteiger partial charge in [-0.05, 0) is 26.8 Å². The molecule has 1 aromatic rings. The Labute approximate surface area is 88.4 Å². The smallest absolute Gasteiger partial charge is 0.254 e. The molecule has 3 nitrogen and oxygen atoms in total. The predicted molar refractivity (Wildman–Crippen MR) is 55.8 cm³/mol. The average molecular weight is 216 g/mol. The topological polar surface area (TPSA) is 42.2 Å². The number of amides is 1. The molecule has 0 aliphatic heterocycles. The second kappa shape index (κ2) is 4.51. The maximum Gasteiger partial charge on any atom is 0.254 e. The molecule has 1 N–H and O–H groups in total. The lowest BCUT2D eigenvalue weighted by Crippen LogP contribution is -2.28.